The van der Waals surface area contributed by atoms with Gasteiger partial charge in [-0.1, -0.05) is 91.0 Å². The average molecular weight is 554 g/mol. The largest absolute Gasteiger partial charge is 0.332 e. The van der Waals surface area contributed by atoms with Crippen molar-refractivity contribution in [3.8, 4) is 11.4 Å². The summed E-state index contributed by atoms with van der Waals surface area (Å²) in [5.74, 6) is 1.03. The molecule has 9 rings (SSSR count). The number of rotatable bonds is 4. The lowest BCUT2D eigenvalue weighted by Gasteiger charge is -2.28. The summed E-state index contributed by atoms with van der Waals surface area (Å²) in [6.07, 6.45) is 3.94. The fourth-order valence-corrected chi connectivity index (χ4v) is 6.65. The summed E-state index contributed by atoms with van der Waals surface area (Å²) in [6.45, 7) is 0. The number of fused-ring (bicyclic) bond motifs is 6. The fraction of sp³-hybridized carbons (Fsp3) is 0.0263. The van der Waals surface area contributed by atoms with E-state index in [0.29, 0.717) is 0 Å². The van der Waals surface area contributed by atoms with Crippen LogP contribution in [-0.2, 0) is 0 Å². The Morgan fingerprint density at radius 3 is 1.93 bits per heavy atom. The van der Waals surface area contributed by atoms with E-state index in [2.05, 4.69) is 171 Å². The Morgan fingerprint density at radius 1 is 0.512 bits per heavy atom. The molecule has 0 aliphatic carbocycles. The molecular weight excluding hydrogens is 526 g/mol. The molecule has 0 spiro atoms. The number of benzene rings is 5. The molecule has 0 amide bonds. The van der Waals surface area contributed by atoms with Crippen molar-refractivity contribution in [3.05, 3.63) is 163 Å². The van der Waals surface area contributed by atoms with Crippen molar-refractivity contribution < 1.29 is 0 Å². The summed E-state index contributed by atoms with van der Waals surface area (Å²) in [5, 5.41) is 7.50. The molecule has 1 atom stereocenters. The topological polar surface area (TPSA) is 39.2 Å². The molecule has 3 aromatic heterocycles. The van der Waals surface area contributed by atoms with Crippen molar-refractivity contribution in [2.45, 2.75) is 6.29 Å². The van der Waals surface area contributed by atoms with Gasteiger partial charge in [-0.15, -0.1) is 0 Å². The number of anilines is 1. The standard InChI is InChI=1S/C38H27N5/c1-4-12-26(13-5-1)35-32-23-25-42(28-16-8-3-9-17-28)37(32)40-38(39-35)43-34-19-11-10-18-29(34)30-20-21-33-31(36(30)43)22-24-41(33)27-14-6-2-7-15-27/h1-25,38,40H. The molecule has 0 saturated carbocycles. The first-order valence-corrected chi connectivity index (χ1v) is 14.6. The smallest absolute Gasteiger partial charge is 0.202 e. The second kappa shape index (κ2) is 9.36. The molecule has 1 unspecified atom stereocenters. The summed E-state index contributed by atoms with van der Waals surface area (Å²) in [6, 6.07) is 49.1. The Bertz CT molecular complexity index is 2300. The highest BCUT2D eigenvalue weighted by Gasteiger charge is 2.29. The Balaban J connectivity index is 1.33. The summed E-state index contributed by atoms with van der Waals surface area (Å²) in [7, 11) is 0. The average Bonchev–Trinajstić information content (AvgIpc) is 3.79. The van der Waals surface area contributed by atoms with E-state index < -0.39 is 0 Å². The van der Waals surface area contributed by atoms with Gasteiger partial charge in [0.05, 0.1) is 22.3 Å². The van der Waals surface area contributed by atoms with E-state index in [1.54, 1.807) is 0 Å². The van der Waals surface area contributed by atoms with Crippen LogP contribution in [0.25, 0.3) is 44.1 Å². The third kappa shape index (κ3) is 3.61. The van der Waals surface area contributed by atoms with Crippen LogP contribution in [0.5, 0.6) is 0 Å². The molecule has 204 valence electrons. The van der Waals surface area contributed by atoms with Gasteiger partial charge in [-0.25, -0.2) is 4.99 Å². The molecule has 43 heavy (non-hydrogen) atoms. The van der Waals surface area contributed by atoms with Crippen molar-refractivity contribution in [3.63, 3.8) is 0 Å². The molecule has 5 nitrogen and oxygen atoms in total. The second-order valence-electron chi connectivity index (χ2n) is 10.9. The Hall–Kier alpha value is -5.81. The lowest BCUT2D eigenvalue weighted by Crippen LogP contribution is -2.25. The lowest BCUT2D eigenvalue weighted by atomic mass is 10.0. The molecular formula is C38H27N5. The van der Waals surface area contributed by atoms with E-state index >= 15 is 0 Å². The van der Waals surface area contributed by atoms with E-state index in [9.17, 15) is 0 Å². The first kappa shape index (κ1) is 23.9. The van der Waals surface area contributed by atoms with Gasteiger partial charge >= 0.3 is 0 Å². The minimum absolute atomic E-state index is 0.367. The van der Waals surface area contributed by atoms with Crippen LogP contribution in [0.2, 0.25) is 0 Å². The molecule has 1 N–H and O–H groups in total. The van der Waals surface area contributed by atoms with Crippen molar-refractivity contribution in [1.29, 1.82) is 0 Å². The van der Waals surface area contributed by atoms with Gasteiger partial charge in [-0.05, 0) is 48.5 Å². The number of hydrogen-bond donors (Lipinski definition) is 1. The molecule has 1 aliphatic heterocycles. The molecule has 0 radical (unpaired) electrons. The third-order valence-electron chi connectivity index (χ3n) is 8.56. The number of aromatic nitrogens is 3. The lowest BCUT2D eigenvalue weighted by molar-refractivity contribution is 0.620. The highest BCUT2D eigenvalue weighted by Crippen LogP contribution is 2.40. The maximum atomic E-state index is 5.46. The maximum Gasteiger partial charge on any atom is 0.202 e. The van der Waals surface area contributed by atoms with E-state index in [-0.39, 0.29) is 6.29 Å². The highest BCUT2D eigenvalue weighted by molar-refractivity contribution is 6.19. The van der Waals surface area contributed by atoms with Gasteiger partial charge < -0.3 is 19.0 Å². The molecule has 0 saturated heterocycles. The number of hydrogen-bond acceptors (Lipinski definition) is 2. The summed E-state index contributed by atoms with van der Waals surface area (Å²) >= 11 is 0. The van der Waals surface area contributed by atoms with Crippen LogP contribution in [-0.4, -0.2) is 19.4 Å². The monoisotopic (exact) mass is 553 g/mol. The number of aliphatic imine (C=N–C) groups is 1. The predicted octanol–water partition coefficient (Wildman–Crippen LogP) is 8.95. The SMILES string of the molecule is c1ccc(C2=NC(n3c4ccccc4c4ccc5c(ccn5-c5ccccc5)c43)Nc3c2ccn3-c2ccccc2)cc1. The van der Waals surface area contributed by atoms with Gasteiger partial charge in [-0.2, -0.15) is 0 Å². The number of nitrogens with zero attached hydrogens (tertiary/aromatic N) is 4. The predicted molar refractivity (Wildman–Crippen MR) is 177 cm³/mol. The Kier molecular flexibility index (Phi) is 5.19. The van der Waals surface area contributed by atoms with Crippen molar-refractivity contribution >= 4 is 44.2 Å². The van der Waals surface area contributed by atoms with Crippen LogP contribution in [0, 0.1) is 0 Å². The van der Waals surface area contributed by atoms with Gasteiger partial charge in [-0.3, -0.25) is 0 Å². The molecule has 0 fully saturated rings. The maximum absolute atomic E-state index is 5.46. The Labute approximate surface area is 248 Å². The van der Waals surface area contributed by atoms with E-state index in [4.69, 9.17) is 4.99 Å². The molecule has 5 heteroatoms. The van der Waals surface area contributed by atoms with E-state index in [0.717, 1.165) is 39.5 Å². The van der Waals surface area contributed by atoms with Gasteiger partial charge in [0.15, 0.2) is 0 Å². The van der Waals surface area contributed by atoms with Crippen LogP contribution in [0.15, 0.2) is 157 Å². The Morgan fingerprint density at radius 2 is 1.16 bits per heavy atom. The third-order valence-corrected chi connectivity index (χ3v) is 8.56. The normalized spacial score (nSPS) is 14.6. The minimum Gasteiger partial charge on any atom is -0.332 e. The summed E-state index contributed by atoms with van der Waals surface area (Å²) in [4.78, 5) is 5.46. The number of nitrogens with one attached hydrogen (secondary N) is 1. The molecule has 4 heterocycles. The van der Waals surface area contributed by atoms with E-state index in [1.807, 2.05) is 0 Å². The van der Waals surface area contributed by atoms with Crippen LogP contribution < -0.4 is 5.32 Å². The van der Waals surface area contributed by atoms with Gasteiger partial charge in [0.2, 0.25) is 6.29 Å². The van der Waals surface area contributed by atoms with E-state index in [1.165, 1.54) is 27.2 Å². The highest BCUT2D eigenvalue weighted by atomic mass is 15.3. The van der Waals surface area contributed by atoms with Crippen LogP contribution in [0.1, 0.15) is 17.4 Å². The van der Waals surface area contributed by atoms with Crippen molar-refractivity contribution in [2.24, 2.45) is 4.99 Å². The first-order valence-electron chi connectivity index (χ1n) is 14.6. The van der Waals surface area contributed by atoms with Gasteiger partial charge in [0.1, 0.15) is 5.82 Å². The van der Waals surface area contributed by atoms with Gasteiger partial charge in [0.25, 0.3) is 0 Å². The fourth-order valence-electron chi connectivity index (χ4n) is 6.65. The minimum atomic E-state index is -0.367. The zero-order valence-electron chi connectivity index (χ0n) is 23.3. The zero-order chi connectivity index (χ0) is 28.3. The second-order valence-corrected chi connectivity index (χ2v) is 10.9. The first-order chi connectivity index (χ1) is 21.3. The quantitative estimate of drug-likeness (QED) is 0.232. The van der Waals surface area contributed by atoms with Crippen LogP contribution >= 0.6 is 0 Å². The van der Waals surface area contributed by atoms with Crippen LogP contribution in [0.4, 0.5) is 5.82 Å². The van der Waals surface area contributed by atoms with Crippen molar-refractivity contribution in [1.82, 2.24) is 13.7 Å². The molecule has 5 aromatic carbocycles. The van der Waals surface area contributed by atoms with Gasteiger partial charge in [0, 0.05) is 51.1 Å². The zero-order valence-corrected chi connectivity index (χ0v) is 23.3. The molecule has 0 bridgehead atoms. The van der Waals surface area contributed by atoms with Crippen molar-refractivity contribution in [2.75, 3.05) is 5.32 Å². The number of para-hydroxylation sites is 3. The molecule has 1 aliphatic rings. The summed E-state index contributed by atoms with van der Waals surface area (Å²) in [5.41, 5.74) is 8.90. The summed E-state index contributed by atoms with van der Waals surface area (Å²) < 4.78 is 6.88. The van der Waals surface area contributed by atoms with Crippen LogP contribution in [0.3, 0.4) is 0 Å². The molecule has 8 aromatic rings.